The van der Waals surface area contributed by atoms with E-state index in [2.05, 4.69) is 0 Å². The molecule has 0 radical (unpaired) electrons. The van der Waals surface area contributed by atoms with E-state index in [1.165, 1.54) is 24.4 Å². The number of benzene rings is 2. The second kappa shape index (κ2) is 5.09. The van der Waals surface area contributed by atoms with E-state index in [9.17, 15) is 15.3 Å². The first-order valence-electron chi connectivity index (χ1n) is 6.18. The molecule has 0 aliphatic heterocycles. The minimum Gasteiger partial charge on any atom is -0.618 e. The van der Waals surface area contributed by atoms with Crippen LogP contribution in [0.4, 0.5) is 5.69 Å². The maximum Gasteiger partial charge on any atom is 0.273 e. The van der Waals surface area contributed by atoms with Crippen LogP contribution in [0.25, 0.3) is 10.9 Å². The Labute approximate surface area is 119 Å². The number of nitro benzene ring substituents is 1. The first-order valence-corrected chi connectivity index (χ1v) is 6.18. The summed E-state index contributed by atoms with van der Waals surface area (Å²) in [5.74, 6) is 0.816. The molecule has 0 saturated heterocycles. The van der Waals surface area contributed by atoms with Crippen molar-refractivity contribution in [3.05, 3.63) is 76.1 Å². The van der Waals surface area contributed by atoms with Crippen molar-refractivity contribution in [1.82, 2.24) is 0 Å². The molecule has 6 nitrogen and oxygen atoms in total. The lowest BCUT2D eigenvalue weighted by molar-refractivity contribution is -0.577. The standard InChI is InChI=1S/C15H10N2O4/c18-16-9-8-15(13-6-1-2-7-14(13)16)21-12-5-3-4-11(10-12)17(19)20/h1-10H. The molecular formula is C15H10N2O4. The second-order valence-corrected chi connectivity index (χ2v) is 4.38. The predicted molar refractivity (Wildman–Crippen MR) is 76.1 cm³/mol. The van der Waals surface area contributed by atoms with Gasteiger partial charge in [0.2, 0.25) is 5.52 Å². The highest BCUT2D eigenvalue weighted by Gasteiger charge is 2.12. The van der Waals surface area contributed by atoms with Gasteiger partial charge in [-0.05, 0) is 12.1 Å². The van der Waals surface area contributed by atoms with E-state index in [0.717, 1.165) is 4.73 Å². The number of hydrogen-bond donors (Lipinski definition) is 0. The summed E-state index contributed by atoms with van der Waals surface area (Å²) in [6, 6.07) is 14.4. The molecule has 3 rings (SSSR count). The molecule has 0 atom stereocenters. The highest BCUT2D eigenvalue weighted by molar-refractivity contribution is 5.82. The van der Waals surface area contributed by atoms with E-state index in [1.807, 2.05) is 0 Å². The zero-order chi connectivity index (χ0) is 14.8. The van der Waals surface area contributed by atoms with Crippen LogP contribution in [0, 0.1) is 15.3 Å². The van der Waals surface area contributed by atoms with Crippen LogP contribution in [0.5, 0.6) is 11.5 Å². The Bertz CT molecular complexity index is 833. The Morgan fingerprint density at radius 3 is 2.67 bits per heavy atom. The van der Waals surface area contributed by atoms with Gasteiger partial charge in [-0.15, -0.1) is 0 Å². The summed E-state index contributed by atoms with van der Waals surface area (Å²) in [5, 5.41) is 23.1. The molecule has 0 aliphatic rings. The van der Waals surface area contributed by atoms with Gasteiger partial charge in [0.1, 0.15) is 11.5 Å². The smallest absolute Gasteiger partial charge is 0.273 e. The van der Waals surface area contributed by atoms with Crippen molar-refractivity contribution in [1.29, 1.82) is 0 Å². The summed E-state index contributed by atoms with van der Waals surface area (Å²) in [6.07, 6.45) is 1.34. The third-order valence-electron chi connectivity index (χ3n) is 3.02. The summed E-state index contributed by atoms with van der Waals surface area (Å²) < 4.78 is 6.43. The fourth-order valence-corrected chi connectivity index (χ4v) is 2.06. The van der Waals surface area contributed by atoms with E-state index in [4.69, 9.17) is 4.74 Å². The molecule has 0 saturated carbocycles. The molecule has 0 aliphatic carbocycles. The Kier molecular flexibility index (Phi) is 3.12. The summed E-state index contributed by atoms with van der Waals surface area (Å²) >= 11 is 0. The quantitative estimate of drug-likeness (QED) is 0.320. The van der Waals surface area contributed by atoms with E-state index in [0.29, 0.717) is 22.4 Å². The van der Waals surface area contributed by atoms with Gasteiger partial charge in [-0.25, -0.2) is 0 Å². The van der Waals surface area contributed by atoms with Gasteiger partial charge in [0.25, 0.3) is 5.69 Å². The van der Waals surface area contributed by atoms with Crippen LogP contribution in [-0.2, 0) is 0 Å². The maximum absolute atomic E-state index is 11.7. The fourth-order valence-electron chi connectivity index (χ4n) is 2.06. The van der Waals surface area contributed by atoms with E-state index in [1.54, 1.807) is 36.4 Å². The molecule has 0 unspecified atom stereocenters. The number of nitrogens with zero attached hydrogens (tertiary/aromatic N) is 2. The molecular weight excluding hydrogens is 272 g/mol. The molecule has 0 amide bonds. The molecule has 3 aromatic rings. The van der Waals surface area contributed by atoms with Crippen LogP contribution in [0.3, 0.4) is 0 Å². The van der Waals surface area contributed by atoms with Gasteiger partial charge >= 0.3 is 0 Å². The van der Waals surface area contributed by atoms with Crippen LogP contribution in [0.15, 0.2) is 60.8 Å². The largest absolute Gasteiger partial charge is 0.618 e. The van der Waals surface area contributed by atoms with Gasteiger partial charge in [0.15, 0.2) is 6.20 Å². The Hall–Kier alpha value is -3.15. The zero-order valence-corrected chi connectivity index (χ0v) is 10.8. The number of pyridine rings is 1. The molecule has 1 heterocycles. The van der Waals surface area contributed by atoms with Crippen molar-refractivity contribution < 1.29 is 14.4 Å². The van der Waals surface area contributed by atoms with Crippen molar-refractivity contribution in [2.75, 3.05) is 0 Å². The number of non-ortho nitro benzene ring substituents is 1. The van der Waals surface area contributed by atoms with Crippen molar-refractivity contribution in [3.8, 4) is 11.5 Å². The van der Waals surface area contributed by atoms with Gasteiger partial charge in [-0.3, -0.25) is 10.1 Å². The van der Waals surface area contributed by atoms with Crippen molar-refractivity contribution in [2.24, 2.45) is 0 Å². The molecule has 0 spiro atoms. The third-order valence-corrected chi connectivity index (χ3v) is 3.02. The molecule has 6 heteroatoms. The summed E-state index contributed by atoms with van der Waals surface area (Å²) in [5.41, 5.74) is 0.423. The monoisotopic (exact) mass is 282 g/mol. The summed E-state index contributed by atoms with van der Waals surface area (Å²) in [4.78, 5) is 10.3. The molecule has 104 valence electrons. The first-order chi connectivity index (χ1) is 10.1. The van der Waals surface area contributed by atoms with Gasteiger partial charge in [-0.2, -0.15) is 4.73 Å². The van der Waals surface area contributed by atoms with Gasteiger partial charge in [0.05, 0.1) is 16.4 Å². The average molecular weight is 282 g/mol. The van der Waals surface area contributed by atoms with Crippen LogP contribution in [0.2, 0.25) is 0 Å². The normalized spacial score (nSPS) is 10.5. The zero-order valence-electron chi connectivity index (χ0n) is 10.8. The molecule has 0 bridgehead atoms. The predicted octanol–water partition coefficient (Wildman–Crippen LogP) is 3.17. The van der Waals surface area contributed by atoms with Crippen molar-refractivity contribution in [3.63, 3.8) is 0 Å². The lowest BCUT2D eigenvalue weighted by atomic mass is 10.2. The minimum atomic E-state index is -0.485. The number of fused-ring (bicyclic) bond motifs is 1. The lowest BCUT2D eigenvalue weighted by Crippen LogP contribution is -2.25. The van der Waals surface area contributed by atoms with E-state index >= 15 is 0 Å². The summed E-state index contributed by atoms with van der Waals surface area (Å²) in [6.45, 7) is 0. The third kappa shape index (κ3) is 2.46. The number of aromatic nitrogens is 1. The van der Waals surface area contributed by atoms with Crippen LogP contribution in [-0.4, -0.2) is 4.92 Å². The number of nitro groups is 1. The number of hydrogen-bond acceptors (Lipinski definition) is 4. The fraction of sp³-hybridized carbons (Fsp3) is 0. The maximum atomic E-state index is 11.7. The van der Waals surface area contributed by atoms with Crippen molar-refractivity contribution >= 4 is 16.6 Å². The minimum absolute atomic E-state index is 0.0494. The van der Waals surface area contributed by atoms with Crippen LogP contribution >= 0.6 is 0 Å². The number of rotatable bonds is 3. The first kappa shape index (κ1) is 12.9. The summed E-state index contributed by atoms with van der Waals surface area (Å²) in [7, 11) is 0. The second-order valence-electron chi connectivity index (χ2n) is 4.38. The lowest BCUT2D eigenvalue weighted by Gasteiger charge is -2.08. The number of para-hydroxylation sites is 1. The average Bonchev–Trinajstić information content (AvgIpc) is 2.51. The highest BCUT2D eigenvalue weighted by atomic mass is 16.6. The molecule has 21 heavy (non-hydrogen) atoms. The SMILES string of the molecule is O=[N+]([O-])c1cccc(Oc2cc[n+]([O-])c3ccccc23)c1. The van der Waals surface area contributed by atoms with Gasteiger partial charge in [-0.1, -0.05) is 18.2 Å². The Morgan fingerprint density at radius 1 is 1.05 bits per heavy atom. The molecule has 0 fully saturated rings. The topological polar surface area (TPSA) is 79.3 Å². The van der Waals surface area contributed by atoms with Crippen LogP contribution < -0.4 is 9.47 Å². The molecule has 0 N–H and O–H groups in total. The highest BCUT2D eigenvalue weighted by Crippen LogP contribution is 2.29. The Balaban J connectivity index is 2.04. The van der Waals surface area contributed by atoms with E-state index < -0.39 is 4.92 Å². The van der Waals surface area contributed by atoms with E-state index in [-0.39, 0.29) is 5.69 Å². The molecule has 2 aromatic carbocycles. The van der Waals surface area contributed by atoms with Gasteiger partial charge < -0.3 is 9.94 Å². The Morgan fingerprint density at radius 2 is 1.86 bits per heavy atom. The number of ether oxygens (including phenoxy) is 1. The molecule has 1 aromatic heterocycles. The van der Waals surface area contributed by atoms with Crippen molar-refractivity contribution in [2.45, 2.75) is 0 Å². The van der Waals surface area contributed by atoms with Gasteiger partial charge in [0, 0.05) is 18.2 Å². The van der Waals surface area contributed by atoms with Crippen LogP contribution in [0.1, 0.15) is 0 Å².